The van der Waals surface area contributed by atoms with Crippen molar-refractivity contribution in [3.05, 3.63) is 35.4 Å². The molecule has 1 aromatic rings. The Kier molecular flexibility index (Phi) is 7.09. The van der Waals surface area contributed by atoms with E-state index in [1.165, 1.54) is 18.9 Å². The summed E-state index contributed by atoms with van der Waals surface area (Å²) in [6.07, 6.45) is 2.14. The molecule has 2 unspecified atom stereocenters. The first-order valence-corrected chi connectivity index (χ1v) is 10.9. The number of carbonyl (C=O) groups excluding carboxylic acids is 3. The summed E-state index contributed by atoms with van der Waals surface area (Å²) in [5.74, 6) is -0.937. The van der Waals surface area contributed by atoms with Gasteiger partial charge in [-0.05, 0) is 31.9 Å². The van der Waals surface area contributed by atoms with Crippen LogP contribution in [0.25, 0.3) is 0 Å². The SMILES string of the molecule is COC(=O)CCNC(=O)C1SC(=NC(=O)c2ccc(C(N)=S)cc2)N(C2CC2)C1C. The van der Waals surface area contributed by atoms with E-state index in [0.717, 1.165) is 12.8 Å². The monoisotopic (exact) mass is 448 g/mol. The number of hydrogen-bond donors (Lipinski definition) is 2. The van der Waals surface area contributed by atoms with Crippen LogP contribution in [0.3, 0.4) is 0 Å². The van der Waals surface area contributed by atoms with E-state index in [-0.39, 0.29) is 41.8 Å². The van der Waals surface area contributed by atoms with Crippen LogP contribution in [0.2, 0.25) is 0 Å². The number of nitrogens with one attached hydrogen (secondary N) is 1. The number of thioether (sulfide) groups is 1. The number of nitrogens with two attached hydrogens (primary N) is 1. The summed E-state index contributed by atoms with van der Waals surface area (Å²) in [7, 11) is 1.31. The Labute approximate surface area is 184 Å². The fraction of sp³-hybridized carbons (Fsp3) is 0.450. The molecule has 2 amide bonds. The van der Waals surface area contributed by atoms with Gasteiger partial charge in [-0.2, -0.15) is 4.99 Å². The highest BCUT2D eigenvalue weighted by Crippen LogP contribution is 2.40. The van der Waals surface area contributed by atoms with Crippen LogP contribution in [0.15, 0.2) is 29.3 Å². The lowest BCUT2D eigenvalue weighted by atomic mass is 10.1. The number of hydrogen-bond acceptors (Lipinski definition) is 6. The molecule has 0 bridgehead atoms. The number of ether oxygens (including phenoxy) is 1. The second-order valence-corrected chi connectivity index (χ2v) is 8.72. The lowest BCUT2D eigenvalue weighted by Gasteiger charge is -2.24. The molecular weight excluding hydrogens is 424 g/mol. The van der Waals surface area contributed by atoms with Crippen molar-refractivity contribution in [3.8, 4) is 0 Å². The first-order valence-electron chi connectivity index (χ1n) is 9.64. The molecule has 10 heteroatoms. The average molecular weight is 449 g/mol. The standard InChI is InChI=1S/C20H24N4O4S2/c1-11-16(19(27)22-10-9-15(25)28-2)30-20(24(11)14-7-8-14)23-18(26)13-5-3-12(4-6-13)17(21)29/h3-6,11,14,16H,7-10H2,1-2H3,(H2,21,29)(H,22,27). The molecule has 1 aromatic carbocycles. The van der Waals surface area contributed by atoms with Crippen molar-refractivity contribution in [2.24, 2.45) is 10.7 Å². The summed E-state index contributed by atoms with van der Waals surface area (Å²) in [6.45, 7) is 2.17. The smallest absolute Gasteiger partial charge is 0.307 e. The van der Waals surface area contributed by atoms with Crippen LogP contribution in [-0.2, 0) is 14.3 Å². The van der Waals surface area contributed by atoms with Gasteiger partial charge in [0.05, 0.1) is 13.5 Å². The van der Waals surface area contributed by atoms with Crippen LogP contribution < -0.4 is 11.1 Å². The van der Waals surface area contributed by atoms with Gasteiger partial charge in [0.1, 0.15) is 10.2 Å². The predicted molar refractivity (Wildman–Crippen MR) is 119 cm³/mol. The topological polar surface area (TPSA) is 114 Å². The molecule has 2 atom stereocenters. The lowest BCUT2D eigenvalue weighted by Crippen LogP contribution is -2.43. The van der Waals surface area contributed by atoms with E-state index >= 15 is 0 Å². The van der Waals surface area contributed by atoms with Crippen molar-refractivity contribution < 1.29 is 19.1 Å². The number of carbonyl (C=O) groups is 3. The summed E-state index contributed by atoms with van der Waals surface area (Å²) in [4.78, 5) is 43.2. The Morgan fingerprint density at radius 3 is 2.47 bits per heavy atom. The van der Waals surface area contributed by atoms with Crippen LogP contribution in [0.4, 0.5) is 0 Å². The van der Waals surface area contributed by atoms with Gasteiger partial charge in [-0.3, -0.25) is 14.4 Å². The van der Waals surface area contributed by atoms with E-state index in [4.69, 9.17) is 18.0 Å². The molecule has 0 radical (unpaired) electrons. The molecule has 8 nitrogen and oxygen atoms in total. The highest BCUT2D eigenvalue weighted by Gasteiger charge is 2.46. The Morgan fingerprint density at radius 2 is 1.90 bits per heavy atom. The van der Waals surface area contributed by atoms with Crippen molar-refractivity contribution in [3.63, 3.8) is 0 Å². The molecule has 1 saturated heterocycles. The van der Waals surface area contributed by atoms with Crippen molar-refractivity contribution in [2.45, 2.75) is 43.5 Å². The van der Waals surface area contributed by atoms with Gasteiger partial charge in [-0.15, -0.1) is 0 Å². The maximum Gasteiger partial charge on any atom is 0.307 e. The first-order chi connectivity index (χ1) is 14.3. The van der Waals surface area contributed by atoms with E-state index in [1.807, 2.05) is 6.92 Å². The van der Waals surface area contributed by atoms with E-state index in [9.17, 15) is 14.4 Å². The highest BCUT2D eigenvalue weighted by molar-refractivity contribution is 8.15. The van der Waals surface area contributed by atoms with Crippen molar-refractivity contribution in [1.29, 1.82) is 0 Å². The molecule has 3 N–H and O–H groups in total. The summed E-state index contributed by atoms with van der Waals surface area (Å²) in [5, 5.41) is 2.92. The maximum atomic E-state index is 12.7. The van der Waals surface area contributed by atoms with E-state index in [0.29, 0.717) is 22.3 Å². The quantitative estimate of drug-likeness (QED) is 0.476. The maximum absolute atomic E-state index is 12.7. The van der Waals surface area contributed by atoms with Crippen molar-refractivity contribution >= 4 is 51.9 Å². The molecule has 0 aromatic heterocycles. The second-order valence-electron chi connectivity index (χ2n) is 7.18. The Balaban J connectivity index is 1.71. The number of esters is 1. The first kappa shape index (κ1) is 22.2. The molecule has 3 rings (SSSR count). The minimum absolute atomic E-state index is 0.107. The Morgan fingerprint density at radius 1 is 1.27 bits per heavy atom. The van der Waals surface area contributed by atoms with Gasteiger partial charge < -0.3 is 20.7 Å². The van der Waals surface area contributed by atoms with Gasteiger partial charge in [0, 0.05) is 29.8 Å². The summed E-state index contributed by atoms with van der Waals surface area (Å²) in [6, 6.07) is 6.85. The van der Waals surface area contributed by atoms with Gasteiger partial charge in [-0.25, -0.2) is 0 Å². The average Bonchev–Trinajstić information content (AvgIpc) is 3.51. The number of aliphatic imine (C=N–C) groups is 1. The van der Waals surface area contributed by atoms with Gasteiger partial charge >= 0.3 is 5.97 Å². The number of nitrogens with zero attached hydrogens (tertiary/aromatic N) is 2. The largest absolute Gasteiger partial charge is 0.469 e. The third-order valence-corrected chi connectivity index (χ3v) is 6.61. The highest BCUT2D eigenvalue weighted by atomic mass is 32.2. The second kappa shape index (κ2) is 9.57. The van der Waals surface area contributed by atoms with Crippen LogP contribution in [-0.4, -0.2) is 63.8 Å². The van der Waals surface area contributed by atoms with Gasteiger partial charge in [0.25, 0.3) is 5.91 Å². The fourth-order valence-electron chi connectivity index (χ4n) is 3.21. The Hall–Kier alpha value is -2.46. The number of rotatable bonds is 7. The van der Waals surface area contributed by atoms with Crippen molar-refractivity contribution in [2.75, 3.05) is 13.7 Å². The van der Waals surface area contributed by atoms with E-state index < -0.39 is 5.25 Å². The van der Waals surface area contributed by atoms with Crippen LogP contribution >= 0.6 is 24.0 Å². The third-order valence-electron chi connectivity index (χ3n) is 5.00. The number of methoxy groups -OCH3 is 1. The summed E-state index contributed by atoms with van der Waals surface area (Å²) in [5.41, 5.74) is 6.70. The Bertz CT molecular complexity index is 883. The molecular formula is C20H24N4O4S2. The van der Waals surface area contributed by atoms with Crippen LogP contribution in [0.5, 0.6) is 0 Å². The van der Waals surface area contributed by atoms with Gasteiger partial charge in [-0.1, -0.05) is 36.1 Å². The molecule has 2 aliphatic rings. The fourth-order valence-corrected chi connectivity index (χ4v) is 4.66. The molecule has 1 heterocycles. The van der Waals surface area contributed by atoms with Gasteiger partial charge in [0.15, 0.2) is 5.17 Å². The third kappa shape index (κ3) is 5.17. The molecule has 1 aliphatic carbocycles. The number of benzene rings is 1. The predicted octanol–water partition coefficient (Wildman–Crippen LogP) is 1.46. The van der Waals surface area contributed by atoms with E-state index in [1.54, 1.807) is 24.3 Å². The zero-order valence-corrected chi connectivity index (χ0v) is 18.4. The van der Waals surface area contributed by atoms with Gasteiger partial charge in [0.2, 0.25) is 5.91 Å². The lowest BCUT2D eigenvalue weighted by molar-refractivity contribution is -0.140. The normalized spacial score (nSPS) is 22.1. The minimum atomic E-state index is -0.410. The molecule has 1 aliphatic heterocycles. The molecule has 2 fully saturated rings. The summed E-state index contributed by atoms with van der Waals surface area (Å²) < 4.78 is 4.58. The minimum Gasteiger partial charge on any atom is -0.469 e. The zero-order chi connectivity index (χ0) is 21.8. The number of thiocarbonyl (C=S) groups is 1. The molecule has 30 heavy (non-hydrogen) atoms. The van der Waals surface area contributed by atoms with Crippen molar-refractivity contribution in [1.82, 2.24) is 10.2 Å². The number of amides is 2. The number of amidine groups is 1. The molecule has 1 saturated carbocycles. The van der Waals surface area contributed by atoms with E-state index in [2.05, 4.69) is 19.9 Å². The molecule has 160 valence electrons. The zero-order valence-electron chi connectivity index (χ0n) is 16.8. The molecule has 0 spiro atoms. The van der Waals surface area contributed by atoms with Crippen LogP contribution in [0.1, 0.15) is 42.1 Å². The van der Waals surface area contributed by atoms with Crippen LogP contribution in [0, 0.1) is 0 Å². The summed E-state index contributed by atoms with van der Waals surface area (Å²) >= 11 is 6.22.